The summed E-state index contributed by atoms with van der Waals surface area (Å²) < 4.78 is 30.9. The summed E-state index contributed by atoms with van der Waals surface area (Å²) in [6, 6.07) is 5.02. The molecule has 5 heteroatoms. The van der Waals surface area contributed by atoms with Gasteiger partial charge in [-0.15, -0.1) is 0 Å². The van der Waals surface area contributed by atoms with Crippen molar-refractivity contribution in [3.05, 3.63) is 29.8 Å². The van der Waals surface area contributed by atoms with Crippen LogP contribution < -0.4 is 10.1 Å². The van der Waals surface area contributed by atoms with Crippen LogP contribution in [0.2, 0.25) is 0 Å². The Labute approximate surface area is 92.6 Å². The first kappa shape index (κ1) is 12.4. The van der Waals surface area contributed by atoms with Crippen molar-refractivity contribution >= 4 is 0 Å². The summed E-state index contributed by atoms with van der Waals surface area (Å²) in [7, 11) is 1.60. The molecule has 0 spiro atoms. The van der Waals surface area contributed by atoms with Gasteiger partial charge in [-0.3, -0.25) is 5.32 Å². The molecule has 0 saturated heterocycles. The quantitative estimate of drug-likeness (QED) is 0.852. The SMILES string of the molecule is CNC(C)(C#N)COc1ccc(F)cc1F. The van der Waals surface area contributed by atoms with E-state index in [-0.39, 0.29) is 12.4 Å². The van der Waals surface area contributed by atoms with E-state index in [1.54, 1.807) is 14.0 Å². The molecule has 0 heterocycles. The number of hydrogen-bond donors (Lipinski definition) is 1. The molecule has 0 amide bonds. The van der Waals surface area contributed by atoms with Crippen molar-refractivity contribution in [1.29, 1.82) is 5.26 Å². The number of halogens is 2. The average molecular weight is 226 g/mol. The van der Waals surface area contributed by atoms with Gasteiger partial charge in [0.2, 0.25) is 0 Å². The van der Waals surface area contributed by atoms with Crippen LogP contribution in [0, 0.1) is 23.0 Å². The molecule has 1 atom stereocenters. The number of nitriles is 1. The van der Waals surface area contributed by atoms with E-state index in [1.165, 1.54) is 6.07 Å². The maximum Gasteiger partial charge on any atom is 0.167 e. The van der Waals surface area contributed by atoms with Crippen molar-refractivity contribution in [2.45, 2.75) is 12.5 Å². The van der Waals surface area contributed by atoms with Gasteiger partial charge in [0.05, 0.1) is 6.07 Å². The fraction of sp³-hybridized carbons (Fsp3) is 0.364. The fourth-order valence-electron chi connectivity index (χ4n) is 0.975. The maximum atomic E-state index is 13.2. The monoisotopic (exact) mass is 226 g/mol. The highest BCUT2D eigenvalue weighted by molar-refractivity contribution is 5.25. The van der Waals surface area contributed by atoms with E-state index in [2.05, 4.69) is 5.32 Å². The number of rotatable bonds is 4. The molecule has 0 aromatic heterocycles. The Kier molecular flexibility index (Phi) is 3.80. The number of hydrogen-bond acceptors (Lipinski definition) is 3. The summed E-state index contributed by atoms with van der Waals surface area (Å²) in [5.41, 5.74) is -0.902. The Balaban J connectivity index is 2.72. The van der Waals surface area contributed by atoms with Gasteiger partial charge in [0.15, 0.2) is 11.6 Å². The topological polar surface area (TPSA) is 45.0 Å². The minimum Gasteiger partial charge on any atom is -0.487 e. The summed E-state index contributed by atoms with van der Waals surface area (Å²) in [6.07, 6.45) is 0. The van der Waals surface area contributed by atoms with E-state index in [0.717, 1.165) is 12.1 Å². The predicted molar refractivity (Wildman–Crippen MR) is 54.9 cm³/mol. The molecule has 3 nitrogen and oxygen atoms in total. The standard InChI is InChI=1S/C11H12F2N2O/c1-11(6-14,15-2)7-16-10-4-3-8(12)5-9(10)13/h3-5,15H,7H2,1-2H3. The van der Waals surface area contributed by atoms with E-state index < -0.39 is 17.2 Å². The zero-order chi connectivity index (χ0) is 12.2. The minimum absolute atomic E-state index is 0.0252. The maximum absolute atomic E-state index is 13.2. The summed E-state index contributed by atoms with van der Waals surface area (Å²) in [4.78, 5) is 0. The highest BCUT2D eigenvalue weighted by Crippen LogP contribution is 2.18. The van der Waals surface area contributed by atoms with Gasteiger partial charge in [-0.2, -0.15) is 5.26 Å². The van der Waals surface area contributed by atoms with Crippen molar-refractivity contribution in [2.75, 3.05) is 13.7 Å². The molecule has 1 rings (SSSR count). The molecule has 1 unspecified atom stereocenters. The highest BCUT2D eigenvalue weighted by atomic mass is 19.1. The first-order valence-corrected chi connectivity index (χ1v) is 4.69. The molecule has 0 saturated carbocycles. The molecule has 0 aliphatic heterocycles. The van der Waals surface area contributed by atoms with E-state index in [0.29, 0.717) is 0 Å². The van der Waals surface area contributed by atoms with Crippen molar-refractivity contribution in [3.8, 4) is 11.8 Å². The Bertz CT molecular complexity index is 417. The largest absolute Gasteiger partial charge is 0.487 e. The Morgan fingerprint density at radius 1 is 1.50 bits per heavy atom. The van der Waals surface area contributed by atoms with E-state index in [9.17, 15) is 8.78 Å². The normalized spacial score (nSPS) is 13.9. The van der Waals surface area contributed by atoms with Crippen LogP contribution >= 0.6 is 0 Å². The Morgan fingerprint density at radius 2 is 2.19 bits per heavy atom. The lowest BCUT2D eigenvalue weighted by molar-refractivity contribution is 0.233. The molecular weight excluding hydrogens is 214 g/mol. The molecule has 0 radical (unpaired) electrons. The van der Waals surface area contributed by atoms with Gasteiger partial charge >= 0.3 is 0 Å². The van der Waals surface area contributed by atoms with Gasteiger partial charge < -0.3 is 4.74 Å². The van der Waals surface area contributed by atoms with Crippen molar-refractivity contribution < 1.29 is 13.5 Å². The Hall–Kier alpha value is -1.67. The van der Waals surface area contributed by atoms with Crippen molar-refractivity contribution in [2.24, 2.45) is 0 Å². The van der Waals surface area contributed by atoms with Gasteiger partial charge in [-0.1, -0.05) is 0 Å². The van der Waals surface area contributed by atoms with E-state index in [4.69, 9.17) is 10.00 Å². The molecule has 1 N–H and O–H groups in total. The first-order chi connectivity index (χ1) is 7.50. The zero-order valence-corrected chi connectivity index (χ0v) is 9.05. The smallest absolute Gasteiger partial charge is 0.167 e. The second kappa shape index (κ2) is 4.90. The van der Waals surface area contributed by atoms with Crippen LogP contribution in [0.4, 0.5) is 8.78 Å². The average Bonchev–Trinajstić information content (AvgIpc) is 2.27. The zero-order valence-electron chi connectivity index (χ0n) is 9.05. The van der Waals surface area contributed by atoms with Crippen LogP contribution in [0.15, 0.2) is 18.2 Å². The molecule has 0 fully saturated rings. The molecule has 1 aromatic carbocycles. The van der Waals surface area contributed by atoms with E-state index in [1.807, 2.05) is 6.07 Å². The highest BCUT2D eigenvalue weighted by Gasteiger charge is 2.22. The predicted octanol–water partition coefficient (Wildman–Crippen LogP) is 1.85. The molecular formula is C11H12F2N2O. The molecule has 0 bridgehead atoms. The molecule has 0 aliphatic carbocycles. The molecule has 86 valence electrons. The molecule has 1 aromatic rings. The summed E-state index contributed by atoms with van der Waals surface area (Å²) >= 11 is 0. The number of nitrogens with zero attached hydrogens (tertiary/aromatic N) is 1. The van der Waals surface area contributed by atoms with Crippen LogP contribution in [0.1, 0.15) is 6.92 Å². The first-order valence-electron chi connectivity index (χ1n) is 4.69. The van der Waals surface area contributed by atoms with Gasteiger partial charge in [-0.25, -0.2) is 8.78 Å². The number of likely N-dealkylation sites (N-methyl/N-ethyl adjacent to an activating group) is 1. The van der Waals surface area contributed by atoms with Crippen LogP contribution in [0.3, 0.4) is 0 Å². The third-order valence-corrected chi connectivity index (χ3v) is 2.21. The summed E-state index contributed by atoms with van der Waals surface area (Å²) in [5, 5.41) is 11.6. The van der Waals surface area contributed by atoms with Gasteiger partial charge in [0, 0.05) is 6.07 Å². The van der Waals surface area contributed by atoms with Gasteiger partial charge in [0.25, 0.3) is 0 Å². The fourth-order valence-corrected chi connectivity index (χ4v) is 0.975. The number of benzene rings is 1. The summed E-state index contributed by atoms with van der Waals surface area (Å²) in [6.45, 7) is 1.59. The van der Waals surface area contributed by atoms with Crippen LogP contribution in [0.25, 0.3) is 0 Å². The van der Waals surface area contributed by atoms with Crippen molar-refractivity contribution in [1.82, 2.24) is 5.32 Å². The van der Waals surface area contributed by atoms with Crippen LogP contribution in [0.5, 0.6) is 5.75 Å². The van der Waals surface area contributed by atoms with E-state index >= 15 is 0 Å². The lowest BCUT2D eigenvalue weighted by Crippen LogP contribution is -2.43. The van der Waals surface area contributed by atoms with Gasteiger partial charge in [0.1, 0.15) is 18.0 Å². The second-order valence-electron chi connectivity index (χ2n) is 3.56. The lowest BCUT2D eigenvalue weighted by atomic mass is 10.1. The lowest BCUT2D eigenvalue weighted by Gasteiger charge is -2.20. The van der Waals surface area contributed by atoms with Crippen LogP contribution in [-0.2, 0) is 0 Å². The minimum atomic E-state index is -0.902. The third-order valence-electron chi connectivity index (χ3n) is 2.21. The van der Waals surface area contributed by atoms with Crippen LogP contribution in [-0.4, -0.2) is 19.2 Å². The molecule has 16 heavy (non-hydrogen) atoms. The Morgan fingerprint density at radius 3 is 2.69 bits per heavy atom. The second-order valence-corrected chi connectivity index (χ2v) is 3.56. The third kappa shape index (κ3) is 2.91. The number of ether oxygens (including phenoxy) is 1. The van der Waals surface area contributed by atoms with Gasteiger partial charge in [-0.05, 0) is 26.1 Å². The molecule has 0 aliphatic rings. The van der Waals surface area contributed by atoms with Crippen molar-refractivity contribution in [3.63, 3.8) is 0 Å². The summed E-state index contributed by atoms with van der Waals surface area (Å²) in [5.74, 6) is -1.52. The number of nitrogens with one attached hydrogen (secondary N) is 1.